The minimum absolute atomic E-state index is 0.0598. The fraction of sp³-hybridized carbons (Fsp3) is 0.211. The van der Waals surface area contributed by atoms with E-state index in [2.05, 4.69) is 38.4 Å². The molecule has 0 radical (unpaired) electrons. The third-order valence-electron chi connectivity index (χ3n) is 4.59. The summed E-state index contributed by atoms with van der Waals surface area (Å²) < 4.78 is 2.70. The van der Waals surface area contributed by atoms with E-state index in [0.29, 0.717) is 18.8 Å². The second-order valence-corrected chi connectivity index (χ2v) is 7.07. The Labute approximate surface area is 154 Å². The molecule has 3 aromatic rings. The zero-order valence-corrected chi connectivity index (χ0v) is 15.4. The van der Waals surface area contributed by atoms with Crippen molar-refractivity contribution < 1.29 is 4.79 Å². The molecule has 0 bridgehead atoms. The lowest BCUT2D eigenvalue weighted by Gasteiger charge is -2.28. The number of rotatable bonds is 2. The molecule has 0 atom stereocenters. The molecule has 1 aromatic heterocycles. The van der Waals surface area contributed by atoms with Crippen LogP contribution < -0.4 is 0 Å². The maximum Gasteiger partial charge on any atom is 0.276 e. The van der Waals surface area contributed by atoms with Gasteiger partial charge in [-0.15, -0.1) is 5.10 Å². The Kier molecular flexibility index (Phi) is 4.13. The van der Waals surface area contributed by atoms with Gasteiger partial charge < -0.3 is 4.90 Å². The summed E-state index contributed by atoms with van der Waals surface area (Å²) in [6, 6.07) is 16.0. The molecule has 0 aliphatic carbocycles. The maximum atomic E-state index is 12.9. The van der Waals surface area contributed by atoms with Crippen LogP contribution in [0.3, 0.4) is 0 Å². The molecule has 0 saturated carbocycles. The van der Waals surface area contributed by atoms with Crippen LogP contribution >= 0.6 is 15.9 Å². The predicted octanol–water partition coefficient (Wildman–Crippen LogP) is 3.54. The molecule has 1 amide bonds. The average molecular weight is 397 g/mol. The van der Waals surface area contributed by atoms with Crippen LogP contribution in [0.15, 0.2) is 53.0 Å². The van der Waals surface area contributed by atoms with Gasteiger partial charge in [0.1, 0.15) is 0 Å². The van der Waals surface area contributed by atoms with Crippen molar-refractivity contribution in [3.8, 4) is 5.69 Å². The summed E-state index contributed by atoms with van der Waals surface area (Å²) in [7, 11) is 0. The number of benzene rings is 2. The van der Waals surface area contributed by atoms with Gasteiger partial charge in [0.2, 0.25) is 0 Å². The fourth-order valence-electron chi connectivity index (χ4n) is 3.17. The normalized spacial score (nSPS) is 13.6. The van der Waals surface area contributed by atoms with Crippen LogP contribution in [0.25, 0.3) is 5.69 Å². The molecule has 0 fully saturated rings. The Morgan fingerprint density at radius 2 is 1.80 bits per heavy atom. The molecule has 2 aromatic carbocycles. The van der Waals surface area contributed by atoms with Crippen LogP contribution in [0.5, 0.6) is 0 Å². The van der Waals surface area contributed by atoms with E-state index in [-0.39, 0.29) is 5.91 Å². The Hall–Kier alpha value is -2.47. The summed E-state index contributed by atoms with van der Waals surface area (Å²) in [6.07, 6.45) is 0.877. The summed E-state index contributed by atoms with van der Waals surface area (Å²) in [5.74, 6) is -0.0598. The van der Waals surface area contributed by atoms with Crippen LogP contribution in [0.2, 0.25) is 0 Å². The molecule has 1 aliphatic heterocycles. The van der Waals surface area contributed by atoms with E-state index in [1.807, 2.05) is 48.2 Å². The molecular weight excluding hydrogens is 380 g/mol. The number of amides is 1. The molecule has 0 unspecified atom stereocenters. The highest BCUT2D eigenvalue weighted by Gasteiger charge is 2.26. The van der Waals surface area contributed by atoms with Crippen molar-refractivity contribution in [3.63, 3.8) is 0 Å². The summed E-state index contributed by atoms with van der Waals surface area (Å²) >= 11 is 3.42. The summed E-state index contributed by atoms with van der Waals surface area (Å²) in [4.78, 5) is 14.8. The monoisotopic (exact) mass is 396 g/mol. The summed E-state index contributed by atoms with van der Waals surface area (Å²) in [6.45, 7) is 3.22. The Bertz CT molecular complexity index is 933. The van der Waals surface area contributed by atoms with Crippen molar-refractivity contribution in [1.82, 2.24) is 19.9 Å². The molecular formula is C19H17BrN4O. The highest BCUT2D eigenvalue weighted by molar-refractivity contribution is 9.10. The Balaban J connectivity index is 1.60. The van der Waals surface area contributed by atoms with Gasteiger partial charge in [0.15, 0.2) is 5.69 Å². The number of carbonyl (C=O) groups is 1. The third-order valence-corrected chi connectivity index (χ3v) is 5.11. The van der Waals surface area contributed by atoms with Crippen molar-refractivity contribution in [2.45, 2.75) is 19.9 Å². The van der Waals surface area contributed by atoms with E-state index < -0.39 is 0 Å². The van der Waals surface area contributed by atoms with Crippen molar-refractivity contribution in [1.29, 1.82) is 0 Å². The van der Waals surface area contributed by atoms with Crippen molar-refractivity contribution >= 4 is 21.8 Å². The van der Waals surface area contributed by atoms with E-state index in [4.69, 9.17) is 0 Å². The van der Waals surface area contributed by atoms with E-state index >= 15 is 0 Å². The largest absolute Gasteiger partial charge is 0.333 e. The van der Waals surface area contributed by atoms with E-state index in [9.17, 15) is 4.79 Å². The number of aromatic nitrogens is 3. The average Bonchev–Trinajstić information content (AvgIpc) is 3.03. The number of carbonyl (C=O) groups excluding carboxylic acids is 1. The smallest absolute Gasteiger partial charge is 0.276 e. The third kappa shape index (κ3) is 2.98. The number of fused-ring (bicyclic) bond motifs is 1. The van der Waals surface area contributed by atoms with Crippen LogP contribution in [0.1, 0.15) is 27.3 Å². The quantitative estimate of drug-likeness (QED) is 0.665. The van der Waals surface area contributed by atoms with Crippen LogP contribution in [0.4, 0.5) is 0 Å². The van der Waals surface area contributed by atoms with Gasteiger partial charge in [-0.3, -0.25) is 4.79 Å². The van der Waals surface area contributed by atoms with Gasteiger partial charge in [0, 0.05) is 17.6 Å². The van der Waals surface area contributed by atoms with Crippen molar-refractivity contribution in [3.05, 3.63) is 75.5 Å². The lowest BCUT2D eigenvalue weighted by Crippen LogP contribution is -2.36. The molecule has 1 aliphatic rings. The van der Waals surface area contributed by atoms with Crippen molar-refractivity contribution in [2.75, 3.05) is 6.54 Å². The minimum atomic E-state index is -0.0598. The lowest BCUT2D eigenvalue weighted by molar-refractivity contribution is 0.0728. The molecule has 0 spiro atoms. The van der Waals surface area contributed by atoms with Crippen LogP contribution in [-0.2, 0) is 13.0 Å². The van der Waals surface area contributed by atoms with Crippen LogP contribution in [-0.4, -0.2) is 32.3 Å². The number of hydrogen-bond acceptors (Lipinski definition) is 3. The fourth-order valence-corrected chi connectivity index (χ4v) is 3.44. The second kappa shape index (κ2) is 6.44. The molecule has 0 saturated heterocycles. The van der Waals surface area contributed by atoms with Gasteiger partial charge >= 0.3 is 0 Å². The predicted molar refractivity (Wildman–Crippen MR) is 98.7 cm³/mol. The maximum absolute atomic E-state index is 12.9. The Morgan fingerprint density at radius 1 is 1.08 bits per heavy atom. The van der Waals surface area contributed by atoms with Gasteiger partial charge in [-0.05, 0) is 48.7 Å². The first-order valence-electron chi connectivity index (χ1n) is 8.18. The zero-order chi connectivity index (χ0) is 17.4. The van der Waals surface area contributed by atoms with Crippen molar-refractivity contribution in [2.24, 2.45) is 0 Å². The lowest BCUT2D eigenvalue weighted by atomic mass is 10.00. The molecule has 6 heteroatoms. The van der Waals surface area contributed by atoms with Gasteiger partial charge in [-0.1, -0.05) is 45.4 Å². The van der Waals surface area contributed by atoms with Gasteiger partial charge in [-0.25, -0.2) is 4.68 Å². The van der Waals surface area contributed by atoms with E-state index in [1.54, 1.807) is 4.68 Å². The Morgan fingerprint density at radius 3 is 2.56 bits per heavy atom. The molecule has 0 N–H and O–H groups in total. The van der Waals surface area contributed by atoms with Gasteiger partial charge in [0.25, 0.3) is 5.91 Å². The SMILES string of the molecule is Cc1c(C(=O)N2CCc3ccccc3C2)nnn1-c1ccc(Br)cc1. The first-order chi connectivity index (χ1) is 12.1. The topological polar surface area (TPSA) is 51.0 Å². The minimum Gasteiger partial charge on any atom is -0.333 e. The molecule has 2 heterocycles. The number of nitrogens with zero attached hydrogens (tertiary/aromatic N) is 4. The molecule has 25 heavy (non-hydrogen) atoms. The summed E-state index contributed by atoms with van der Waals surface area (Å²) in [5.41, 5.74) is 4.59. The highest BCUT2D eigenvalue weighted by Crippen LogP contribution is 2.22. The second-order valence-electron chi connectivity index (χ2n) is 6.16. The van der Waals surface area contributed by atoms with Gasteiger partial charge in [-0.2, -0.15) is 0 Å². The molecule has 4 rings (SSSR count). The molecule has 126 valence electrons. The first-order valence-corrected chi connectivity index (χ1v) is 8.97. The summed E-state index contributed by atoms with van der Waals surface area (Å²) in [5, 5.41) is 8.34. The zero-order valence-electron chi connectivity index (χ0n) is 13.8. The highest BCUT2D eigenvalue weighted by atomic mass is 79.9. The van der Waals surface area contributed by atoms with Gasteiger partial charge in [0.05, 0.1) is 11.4 Å². The number of halogens is 1. The molecule has 5 nitrogen and oxygen atoms in total. The van der Waals surface area contributed by atoms with Crippen LogP contribution in [0, 0.1) is 6.92 Å². The van der Waals surface area contributed by atoms with E-state index in [0.717, 1.165) is 22.3 Å². The van der Waals surface area contributed by atoms with E-state index in [1.165, 1.54) is 11.1 Å². The standard InChI is InChI=1S/C19H17BrN4O/c1-13-18(21-22-24(13)17-8-6-16(20)7-9-17)19(25)23-11-10-14-4-2-3-5-15(14)12-23/h2-9H,10-12H2,1H3. The number of hydrogen-bond donors (Lipinski definition) is 0. The first kappa shape index (κ1) is 16.0.